The summed E-state index contributed by atoms with van der Waals surface area (Å²) in [6.45, 7) is 13.5. The molecular weight excluding hydrogens is 202 g/mol. The van der Waals surface area contributed by atoms with Crippen LogP contribution in [-0.2, 0) is 4.79 Å². The molecule has 0 bridgehead atoms. The minimum atomic E-state index is 0.0844. The smallest absolute Gasteiger partial charge is 0.236 e. The molecule has 94 valence electrons. The predicted octanol–water partition coefficient (Wildman–Crippen LogP) is 0.539. The molecule has 1 rings (SSSR count). The van der Waals surface area contributed by atoms with Crippen LogP contribution in [-0.4, -0.2) is 60.5 Å². The monoisotopic (exact) mass is 227 g/mol. The van der Waals surface area contributed by atoms with Crippen LogP contribution in [0.15, 0.2) is 0 Å². The quantitative estimate of drug-likeness (QED) is 0.761. The first-order chi connectivity index (χ1) is 7.51. The second-order valence-electron chi connectivity index (χ2n) is 4.98. The molecule has 1 aliphatic rings. The Morgan fingerprint density at radius 3 is 2.50 bits per heavy atom. The van der Waals surface area contributed by atoms with Crippen molar-refractivity contribution in [3.63, 3.8) is 0 Å². The van der Waals surface area contributed by atoms with Gasteiger partial charge in [0, 0.05) is 38.3 Å². The zero-order chi connectivity index (χ0) is 12.2. The number of amides is 1. The van der Waals surface area contributed by atoms with E-state index in [1.54, 1.807) is 0 Å². The molecule has 0 unspecified atom stereocenters. The SMILES string of the molecule is CCN(CC)C(=O)CN1CCNCC1(C)C. The van der Waals surface area contributed by atoms with Gasteiger partial charge in [0.05, 0.1) is 6.54 Å². The van der Waals surface area contributed by atoms with Gasteiger partial charge in [0.15, 0.2) is 0 Å². The highest BCUT2D eigenvalue weighted by Gasteiger charge is 2.31. The Kier molecular flexibility index (Phi) is 4.74. The average molecular weight is 227 g/mol. The molecule has 0 aromatic rings. The van der Waals surface area contributed by atoms with E-state index in [0.717, 1.165) is 32.7 Å². The molecule has 1 heterocycles. The van der Waals surface area contributed by atoms with E-state index in [4.69, 9.17) is 0 Å². The molecule has 0 aromatic carbocycles. The number of hydrogen-bond acceptors (Lipinski definition) is 3. The molecule has 0 aliphatic carbocycles. The Bertz CT molecular complexity index is 236. The van der Waals surface area contributed by atoms with Crippen molar-refractivity contribution in [3.05, 3.63) is 0 Å². The zero-order valence-corrected chi connectivity index (χ0v) is 11.0. The molecular formula is C12H25N3O. The van der Waals surface area contributed by atoms with Crippen molar-refractivity contribution in [1.29, 1.82) is 0 Å². The van der Waals surface area contributed by atoms with Crippen molar-refractivity contribution in [2.75, 3.05) is 39.3 Å². The van der Waals surface area contributed by atoms with Gasteiger partial charge in [-0.05, 0) is 27.7 Å². The molecule has 1 aliphatic heterocycles. The molecule has 0 saturated carbocycles. The molecule has 16 heavy (non-hydrogen) atoms. The summed E-state index contributed by atoms with van der Waals surface area (Å²) < 4.78 is 0. The van der Waals surface area contributed by atoms with Gasteiger partial charge in [-0.2, -0.15) is 0 Å². The van der Waals surface area contributed by atoms with Crippen LogP contribution in [0.4, 0.5) is 0 Å². The Morgan fingerprint density at radius 2 is 2.00 bits per heavy atom. The third kappa shape index (κ3) is 3.19. The standard InChI is InChI=1S/C12H25N3O/c1-5-14(6-2)11(16)9-15-8-7-13-10-12(15,3)4/h13H,5-10H2,1-4H3. The van der Waals surface area contributed by atoms with Gasteiger partial charge < -0.3 is 10.2 Å². The van der Waals surface area contributed by atoms with E-state index in [-0.39, 0.29) is 11.4 Å². The topological polar surface area (TPSA) is 35.6 Å². The molecule has 4 nitrogen and oxygen atoms in total. The van der Waals surface area contributed by atoms with E-state index in [0.29, 0.717) is 6.54 Å². The summed E-state index contributed by atoms with van der Waals surface area (Å²) in [6.07, 6.45) is 0. The van der Waals surface area contributed by atoms with Gasteiger partial charge in [-0.15, -0.1) is 0 Å². The van der Waals surface area contributed by atoms with Crippen LogP contribution >= 0.6 is 0 Å². The number of nitrogens with zero attached hydrogens (tertiary/aromatic N) is 2. The van der Waals surface area contributed by atoms with E-state index in [2.05, 4.69) is 24.1 Å². The summed E-state index contributed by atoms with van der Waals surface area (Å²) in [5.41, 5.74) is 0.0844. The molecule has 0 spiro atoms. The molecule has 0 radical (unpaired) electrons. The van der Waals surface area contributed by atoms with E-state index < -0.39 is 0 Å². The van der Waals surface area contributed by atoms with E-state index in [1.165, 1.54) is 0 Å². The van der Waals surface area contributed by atoms with E-state index in [9.17, 15) is 4.79 Å². The Morgan fingerprint density at radius 1 is 1.38 bits per heavy atom. The number of nitrogens with one attached hydrogen (secondary N) is 1. The lowest BCUT2D eigenvalue weighted by Crippen LogP contribution is -2.60. The maximum atomic E-state index is 12.0. The Hall–Kier alpha value is -0.610. The van der Waals surface area contributed by atoms with Crippen LogP contribution in [0.1, 0.15) is 27.7 Å². The largest absolute Gasteiger partial charge is 0.342 e. The van der Waals surface area contributed by atoms with Crippen LogP contribution in [0.25, 0.3) is 0 Å². The third-order valence-corrected chi connectivity index (χ3v) is 3.41. The first-order valence-electron chi connectivity index (χ1n) is 6.24. The highest BCUT2D eigenvalue weighted by Crippen LogP contribution is 2.15. The minimum Gasteiger partial charge on any atom is -0.342 e. The highest BCUT2D eigenvalue weighted by molar-refractivity contribution is 5.78. The van der Waals surface area contributed by atoms with Crippen LogP contribution in [0.5, 0.6) is 0 Å². The Balaban J connectivity index is 2.55. The van der Waals surface area contributed by atoms with Crippen molar-refractivity contribution in [1.82, 2.24) is 15.1 Å². The van der Waals surface area contributed by atoms with Gasteiger partial charge in [-0.25, -0.2) is 0 Å². The van der Waals surface area contributed by atoms with Crippen LogP contribution in [0, 0.1) is 0 Å². The lowest BCUT2D eigenvalue weighted by Gasteiger charge is -2.43. The van der Waals surface area contributed by atoms with E-state index >= 15 is 0 Å². The fraction of sp³-hybridized carbons (Fsp3) is 0.917. The number of carbonyl (C=O) groups excluding carboxylic acids is 1. The number of carbonyl (C=O) groups is 1. The summed E-state index contributed by atoms with van der Waals surface area (Å²) in [5, 5.41) is 3.37. The van der Waals surface area contributed by atoms with Crippen LogP contribution in [0.3, 0.4) is 0 Å². The van der Waals surface area contributed by atoms with Crippen molar-refractivity contribution in [2.24, 2.45) is 0 Å². The lowest BCUT2D eigenvalue weighted by atomic mass is 10.0. The number of hydrogen-bond donors (Lipinski definition) is 1. The molecule has 1 fully saturated rings. The second-order valence-corrected chi connectivity index (χ2v) is 4.98. The first kappa shape index (κ1) is 13.5. The summed E-state index contributed by atoms with van der Waals surface area (Å²) in [5.74, 6) is 0.250. The third-order valence-electron chi connectivity index (χ3n) is 3.41. The van der Waals surface area contributed by atoms with Gasteiger partial charge in [0.25, 0.3) is 0 Å². The van der Waals surface area contributed by atoms with Gasteiger partial charge in [-0.1, -0.05) is 0 Å². The van der Waals surface area contributed by atoms with Gasteiger partial charge in [-0.3, -0.25) is 9.69 Å². The van der Waals surface area contributed by atoms with Crippen LogP contribution < -0.4 is 5.32 Å². The van der Waals surface area contributed by atoms with Crippen LogP contribution in [0.2, 0.25) is 0 Å². The summed E-state index contributed by atoms with van der Waals surface area (Å²) in [7, 11) is 0. The average Bonchev–Trinajstić information content (AvgIpc) is 2.23. The molecule has 4 heteroatoms. The van der Waals surface area contributed by atoms with Crippen molar-refractivity contribution >= 4 is 5.91 Å². The maximum absolute atomic E-state index is 12.0. The second kappa shape index (κ2) is 5.64. The zero-order valence-electron chi connectivity index (χ0n) is 11.0. The first-order valence-corrected chi connectivity index (χ1v) is 6.24. The molecule has 0 atom stereocenters. The maximum Gasteiger partial charge on any atom is 0.236 e. The molecule has 1 amide bonds. The number of rotatable bonds is 4. The molecule has 0 aromatic heterocycles. The highest BCUT2D eigenvalue weighted by atomic mass is 16.2. The van der Waals surface area contributed by atoms with E-state index in [1.807, 2.05) is 18.7 Å². The normalized spacial score (nSPS) is 20.8. The summed E-state index contributed by atoms with van der Waals surface area (Å²) in [4.78, 5) is 16.2. The molecule has 1 N–H and O–H groups in total. The summed E-state index contributed by atoms with van der Waals surface area (Å²) in [6, 6.07) is 0. The van der Waals surface area contributed by atoms with Gasteiger partial charge in [0.1, 0.15) is 0 Å². The summed E-state index contributed by atoms with van der Waals surface area (Å²) >= 11 is 0. The van der Waals surface area contributed by atoms with Crippen molar-refractivity contribution in [3.8, 4) is 0 Å². The number of likely N-dealkylation sites (N-methyl/N-ethyl adjacent to an activating group) is 1. The fourth-order valence-corrected chi connectivity index (χ4v) is 2.16. The van der Waals surface area contributed by atoms with Gasteiger partial charge in [0.2, 0.25) is 5.91 Å². The van der Waals surface area contributed by atoms with Crippen molar-refractivity contribution < 1.29 is 4.79 Å². The Labute approximate surface area is 99.0 Å². The fourth-order valence-electron chi connectivity index (χ4n) is 2.16. The lowest BCUT2D eigenvalue weighted by molar-refractivity contribution is -0.133. The predicted molar refractivity (Wildman–Crippen MR) is 66.4 cm³/mol. The minimum absolute atomic E-state index is 0.0844. The molecule has 1 saturated heterocycles. The van der Waals surface area contributed by atoms with Gasteiger partial charge >= 0.3 is 0 Å². The number of piperazine rings is 1. The van der Waals surface area contributed by atoms with Crippen molar-refractivity contribution in [2.45, 2.75) is 33.2 Å².